The molecule has 4 amide bonds. The van der Waals surface area contributed by atoms with E-state index < -0.39 is 56.8 Å². The molecule has 6 atom stereocenters. The van der Waals surface area contributed by atoms with Crippen molar-refractivity contribution >= 4 is 33.5 Å². The number of sulfone groups is 1. The molecule has 1 aromatic rings. The van der Waals surface area contributed by atoms with E-state index in [0.717, 1.165) is 31.6 Å². The van der Waals surface area contributed by atoms with E-state index in [1.54, 1.807) is 30.3 Å². The highest BCUT2D eigenvalue weighted by molar-refractivity contribution is 7.94. The lowest BCUT2D eigenvalue weighted by atomic mass is 9.92. The first-order valence-corrected chi connectivity index (χ1v) is 15.1. The number of amides is 4. The minimum atomic E-state index is -4.15. The summed E-state index contributed by atoms with van der Waals surface area (Å²) in [4.78, 5) is 53.3. The monoisotopic (exact) mass is 562 g/mol. The minimum Gasteiger partial charge on any atom is -0.356 e. The van der Waals surface area contributed by atoms with Gasteiger partial charge in [0.1, 0.15) is 12.1 Å². The van der Waals surface area contributed by atoms with Crippen molar-refractivity contribution in [1.29, 1.82) is 0 Å². The molecule has 1 saturated carbocycles. The van der Waals surface area contributed by atoms with Crippen molar-refractivity contribution in [1.82, 2.24) is 20.9 Å². The van der Waals surface area contributed by atoms with Crippen molar-refractivity contribution in [2.45, 2.75) is 57.2 Å². The van der Waals surface area contributed by atoms with Crippen LogP contribution < -0.4 is 16.0 Å². The number of likely N-dealkylation sites (tertiary alicyclic amines) is 1. The number of nitrogens with one attached hydrogen (secondary N) is 3. The maximum atomic E-state index is 14.5. The quantitative estimate of drug-likeness (QED) is 0.415. The van der Waals surface area contributed by atoms with Crippen molar-refractivity contribution in [3.63, 3.8) is 0 Å². The van der Waals surface area contributed by atoms with Crippen molar-refractivity contribution in [3.05, 3.63) is 47.1 Å². The Morgan fingerprint density at radius 3 is 2.49 bits per heavy atom. The van der Waals surface area contributed by atoms with Gasteiger partial charge >= 0.3 is 0 Å². The van der Waals surface area contributed by atoms with Crippen LogP contribution >= 0.6 is 0 Å². The second-order valence-corrected chi connectivity index (χ2v) is 12.6. The van der Waals surface area contributed by atoms with Crippen LogP contribution in [0.15, 0.2) is 41.6 Å². The van der Waals surface area contributed by atoms with Gasteiger partial charge in [-0.25, -0.2) is 8.42 Å². The van der Waals surface area contributed by atoms with Gasteiger partial charge in [0.15, 0.2) is 0 Å². The van der Waals surface area contributed by atoms with Gasteiger partial charge in [-0.05, 0) is 49.2 Å². The van der Waals surface area contributed by atoms with E-state index in [0.29, 0.717) is 25.1 Å². The molecule has 0 unspecified atom stereocenters. The SMILES string of the molecule is CC(=O)N[C@H](C(=O)N1C[C@@H]2CCC[C@@H]2[C@H]1C(=O)N[C@@H](/C=C(\F)S(C)(=O)=O)C[C@H]1CCNC1=O)c1ccccc1. The molecule has 0 spiro atoms. The average Bonchev–Trinajstić information content (AvgIpc) is 3.58. The predicted molar refractivity (Wildman–Crippen MR) is 141 cm³/mol. The zero-order valence-electron chi connectivity index (χ0n) is 22.1. The van der Waals surface area contributed by atoms with Crippen molar-refractivity contribution in [2.24, 2.45) is 17.8 Å². The molecule has 4 rings (SSSR count). The molecule has 0 aromatic heterocycles. The first kappa shape index (κ1) is 28.7. The summed E-state index contributed by atoms with van der Waals surface area (Å²) in [5.41, 5.74) is 0.581. The number of carbonyl (C=O) groups is 4. The molecule has 39 heavy (non-hydrogen) atoms. The molecule has 3 aliphatic rings. The lowest BCUT2D eigenvalue weighted by Crippen LogP contribution is -2.53. The Morgan fingerprint density at radius 2 is 1.87 bits per heavy atom. The third-order valence-electron chi connectivity index (χ3n) is 7.88. The maximum absolute atomic E-state index is 14.5. The summed E-state index contributed by atoms with van der Waals surface area (Å²) >= 11 is 0. The number of fused-ring (bicyclic) bond motifs is 1. The fourth-order valence-electron chi connectivity index (χ4n) is 6.07. The molecule has 12 heteroatoms. The van der Waals surface area contributed by atoms with Gasteiger partial charge in [-0.15, -0.1) is 0 Å². The number of rotatable bonds is 9. The highest BCUT2D eigenvalue weighted by Crippen LogP contribution is 2.43. The standard InChI is InChI=1S/C27H35FN4O6S/c1-16(33)30-23(17-7-4-3-5-8-17)27(36)32-15-19-9-6-10-21(19)24(32)26(35)31-20(14-22(28)39(2,37)38)13-18-11-12-29-25(18)34/h3-5,7-8,14,18-21,23-24H,6,9-13,15H2,1-2H3,(H,29,34)(H,30,33)(H,31,35)/b22-14+/t18-,19+,20-,21+,23+,24+/m1/s1. The van der Waals surface area contributed by atoms with E-state index in [9.17, 15) is 32.0 Å². The van der Waals surface area contributed by atoms with E-state index in [-0.39, 0.29) is 24.2 Å². The second-order valence-electron chi connectivity index (χ2n) is 10.7. The fraction of sp³-hybridized carbons (Fsp3) is 0.556. The fourth-order valence-corrected chi connectivity index (χ4v) is 6.48. The lowest BCUT2D eigenvalue weighted by Gasteiger charge is -2.32. The molecular weight excluding hydrogens is 527 g/mol. The van der Waals surface area contributed by atoms with Gasteiger partial charge in [-0.1, -0.05) is 36.8 Å². The molecule has 1 aromatic carbocycles. The number of nitrogens with zero attached hydrogens (tertiary/aromatic N) is 1. The molecule has 3 fully saturated rings. The number of carbonyl (C=O) groups excluding carboxylic acids is 4. The number of benzene rings is 1. The normalized spacial score (nSPS) is 26.5. The van der Waals surface area contributed by atoms with E-state index in [1.807, 2.05) is 0 Å². The lowest BCUT2D eigenvalue weighted by molar-refractivity contribution is -0.142. The van der Waals surface area contributed by atoms with Gasteiger partial charge in [0.05, 0.1) is 6.04 Å². The van der Waals surface area contributed by atoms with Crippen LogP contribution in [0.4, 0.5) is 4.39 Å². The Bertz CT molecular complexity index is 1250. The summed E-state index contributed by atoms with van der Waals surface area (Å²) in [6.45, 7) is 2.10. The molecule has 2 heterocycles. The number of halogens is 1. The van der Waals surface area contributed by atoms with Gasteiger partial charge in [-0.3, -0.25) is 19.2 Å². The molecule has 212 valence electrons. The molecule has 3 N–H and O–H groups in total. The van der Waals surface area contributed by atoms with Crippen LogP contribution in [0.2, 0.25) is 0 Å². The Labute approximate surface area is 227 Å². The Kier molecular flexibility index (Phi) is 8.73. The van der Waals surface area contributed by atoms with Crippen LogP contribution in [-0.2, 0) is 29.0 Å². The van der Waals surface area contributed by atoms with Crippen LogP contribution in [0.5, 0.6) is 0 Å². The van der Waals surface area contributed by atoms with E-state index in [4.69, 9.17) is 0 Å². The van der Waals surface area contributed by atoms with Crippen LogP contribution in [0.25, 0.3) is 0 Å². The Hall–Kier alpha value is -3.28. The average molecular weight is 563 g/mol. The topological polar surface area (TPSA) is 142 Å². The summed E-state index contributed by atoms with van der Waals surface area (Å²) in [6, 6.07) is 5.83. The molecule has 2 saturated heterocycles. The van der Waals surface area contributed by atoms with Crippen molar-refractivity contribution in [2.75, 3.05) is 19.3 Å². The molecule has 0 radical (unpaired) electrons. The molecule has 1 aliphatic carbocycles. The first-order chi connectivity index (χ1) is 18.5. The summed E-state index contributed by atoms with van der Waals surface area (Å²) < 4.78 is 38.1. The predicted octanol–water partition coefficient (Wildman–Crippen LogP) is 1.36. The first-order valence-electron chi connectivity index (χ1n) is 13.2. The van der Waals surface area contributed by atoms with Gasteiger partial charge < -0.3 is 20.9 Å². The van der Waals surface area contributed by atoms with Crippen LogP contribution in [0.3, 0.4) is 0 Å². The minimum absolute atomic E-state index is 0.0216. The van der Waals surface area contributed by atoms with Crippen LogP contribution in [0.1, 0.15) is 50.6 Å². The van der Waals surface area contributed by atoms with E-state index in [1.165, 1.54) is 11.8 Å². The Balaban J connectivity index is 1.62. The summed E-state index contributed by atoms with van der Waals surface area (Å²) in [7, 11) is -4.15. The number of hydrogen-bond donors (Lipinski definition) is 3. The zero-order valence-corrected chi connectivity index (χ0v) is 22.9. The van der Waals surface area contributed by atoms with E-state index >= 15 is 0 Å². The van der Waals surface area contributed by atoms with Crippen LogP contribution in [-0.4, -0.2) is 68.4 Å². The summed E-state index contributed by atoms with van der Waals surface area (Å²) in [6.07, 6.45) is 4.54. The second kappa shape index (κ2) is 11.8. The molecular formula is C27H35FN4O6S. The largest absolute Gasteiger partial charge is 0.356 e. The van der Waals surface area contributed by atoms with E-state index in [2.05, 4.69) is 16.0 Å². The highest BCUT2D eigenvalue weighted by Gasteiger charge is 2.51. The van der Waals surface area contributed by atoms with Gasteiger partial charge in [0, 0.05) is 32.2 Å². The summed E-state index contributed by atoms with van der Waals surface area (Å²) in [5, 5.41) is 6.75. The third kappa shape index (κ3) is 6.66. The third-order valence-corrected chi connectivity index (χ3v) is 8.73. The van der Waals surface area contributed by atoms with Gasteiger partial charge in [-0.2, -0.15) is 4.39 Å². The zero-order chi connectivity index (χ0) is 28.3. The summed E-state index contributed by atoms with van der Waals surface area (Å²) in [5.74, 6) is -2.13. The van der Waals surface area contributed by atoms with Gasteiger partial charge in [0.2, 0.25) is 32.7 Å². The van der Waals surface area contributed by atoms with Crippen molar-refractivity contribution in [3.8, 4) is 0 Å². The molecule has 0 bridgehead atoms. The molecule has 2 aliphatic heterocycles. The maximum Gasteiger partial charge on any atom is 0.250 e. The highest BCUT2D eigenvalue weighted by atomic mass is 32.2. The smallest absolute Gasteiger partial charge is 0.250 e. The van der Waals surface area contributed by atoms with Gasteiger partial charge in [0.25, 0.3) is 5.91 Å². The van der Waals surface area contributed by atoms with Crippen molar-refractivity contribution < 1.29 is 32.0 Å². The number of hydrogen-bond acceptors (Lipinski definition) is 6. The van der Waals surface area contributed by atoms with Crippen LogP contribution in [0, 0.1) is 17.8 Å². The molecule has 10 nitrogen and oxygen atoms in total. The Morgan fingerprint density at radius 1 is 1.15 bits per heavy atom.